The molecule has 0 unspecified atom stereocenters. The molecule has 0 fully saturated rings. The zero-order chi connectivity index (χ0) is 16.7. The molecule has 0 spiro atoms. The monoisotopic (exact) mass is 335 g/mol. The molecule has 4 nitrogen and oxygen atoms in total. The molecular formula is C19H17N3OS. The fourth-order valence-corrected chi connectivity index (χ4v) is 3.63. The van der Waals surface area contributed by atoms with E-state index in [1.807, 2.05) is 36.6 Å². The van der Waals surface area contributed by atoms with Gasteiger partial charge in [-0.1, -0.05) is 18.2 Å². The first kappa shape index (κ1) is 14.9. The van der Waals surface area contributed by atoms with Gasteiger partial charge in [-0.3, -0.25) is 4.79 Å². The van der Waals surface area contributed by atoms with Gasteiger partial charge in [0.1, 0.15) is 0 Å². The fraction of sp³-hybridized carbons (Fsp3) is 0.158. The second kappa shape index (κ2) is 5.76. The summed E-state index contributed by atoms with van der Waals surface area (Å²) in [6, 6.07) is 14.2. The predicted molar refractivity (Wildman–Crippen MR) is 99.1 cm³/mol. The largest absolute Gasteiger partial charge is 0.332 e. The first-order valence-corrected chi connectivity index (χ1v) is 8.72. The molecule has 4 rings (SSSR count). The number of aromatic nitrogens is 1. The molecule has 1 atom stereocenters. The molecule has 1 aliphatic heterocycles. The van der Waals surface area contributed by atoms with Crippen molar-refractivity contribution in [1.82, 2.24) is 4.98 Å². The van der Waals surface area contributed by atoms with E-state index < -0.39 is 0 Å². The quantitative estimate of drug-likeness (QED) is 0.714. The molecule has 2 heterocycles. The summed E-state index contributed by atoms with van der Waals surface area (Å²) in [5.41, 5.74) is 6.15. The predicted octanol–water partition coefficient (Wildman–Crippen LogP) is 4.92. The number of fused-ring (bicyclic) bond motifs is 1. The fourth-order valence-electron chi connectivity index (χ4n) is 2.89. The zero-order valence-electron chi connectivity index (χ0n) is 13.5. The number of hydrogen-bond donors (Lipinski definition) is 2. The van der Waals surface area contributed by atoms with Crippen LogP contribution in [0.1, 0.15) is 24.0 Å². The van der Waals surface area contributed by atoms with Crippen LogP contribution in [0.25, 0.3) is 11.3 Å². The van der Waals surface area contributed by atoms with E-state index in [1.165, 1.54) is 5.56 Å². The lowest BCUT2D eigenvalue weighted by Crippen LogP contribution is -2.08. The molecule has 24 heavy (non-hydrogen) atoms. The second-order valence-electron chi connectivity index (χ2n) is 6.05. The van der Waals surface area contributed by atoms with Gasteiger partial charge in [-0.05, 0) is 49.2 Å². The minimum atomic E-state index is -0.108. The third-order valence-electron chi connectivity index (χ3n) is 4.24. The molecular weight excluding hydrogens is 318 g/mol. The summed E-state index contributed by atoms with van der Waals surface area (Å²) in [5, 5.41) is 9.14. The maximum absolute atomic E-state index is 11.8. The van der Waals surface area contributed by atoms with Gasteiger partial charge in [0, 0.05) is 22.3 Å². The molecule has 0 saturated carbocycles. The first-order chi connectivity index (χ1) is 11.6. The van der Waals surface area contributed by atoms with Crippen molar-refractivity contribution in [3.8, 4) is 11.3 Å². The lowest BCUT2D eigenvalue weighted by Gasteiger charge is -2.04. The van der Waals surface area contributed by atoms with E-state index in [4.69, 9.17) is 0 Å². The van der Waals surface area contributed by atoms with Crippen LogP contribution in [-0.2, 0) is 4.79 Å². The molecule has 120 valence electrons. The lowest BCUT2D eigenvalue weighted by atomic mass is 10.00. The Bertz CT molecular complexity index is 932. The highest BCUT2D eigenvalue weighted by Crippen LogP contribution is 2.36. The third-order valence-corrected chi connectivity index (χ3v) is 5.00. The number of nitrogens with zero attached hydrogens (tertiary/aromatic N) is 1. The van der Waals surface area contributed by atoms with Gasteiger partial charge in [0.05, 0.1) is 11.6 Å². The van der Waals surface area contributed by atoms with Crippen LogP contribution in [0.2, 0.25) is 0 Å². The molecule has 0 saturated heterocycles. The summed E-state index contributed by atoms with van der Waals surface area (Å²) < 4.78 is 0. The normalized spacial score (nSPS) is 15.9. The van der Waals surface area contributed by atoms with Crippen molar-refractivity contribution in [2.24, 2.45) is 0 Å². The molecule has 0 radical (unpaired) electrons. The standard InChI is InChI=1S/C19H17N3OS/c1-11-4-3-5-14(8-11)20-19-22-17(10-24-19)13-6-7-16-15(9-13)12(2)18(23)21-16/h3-10,12H,1-2H3,(H,20,22)(H,21,23)/t12-/m1/s1. The first-order valence-electron chi connectivity index (χ1n) is 7.84. The summed E-state index contributed by atoms with van der Waals surface area (Å²) >= 11 is 1.57. The molecule has 2 N–H and O–H groups in total. The van der Waals surface area contributed by atoms with Gasteiger partial charge in [0.2, 0.25) is 5.91 Å². The minimum Gasteiger partial charge on any atom is -0.332 e. The van der Waals surface area contributed by atoms with E-state index in [-0.39, 0.29) is 11.8 Å². The van der Waals surface area contributed by atoms with Crippen LogP contribution in [0.5, 0.6) is 0 Å². The number of carbonyl (C=O) groups is 1. The molecule has 1 amide bonds. The number of rotatable bonds is 3. The van der Waals surface area contributed by atoms with Crippen molar-refractivity contribution in [3.63, 3.8) is 0 Å². The SMILES string of the molecule is Cc1cccc(Nc2nc(-c3ccc4c(c3)[C@@H](C)C(=O)N4)cs2)c1. The smallest absolute Gasteiger partial charge is 0.231 e. The van der Waals surface area contributed by atoms with E-state index in [2.05, 4.69) is 40.7 Å². The van der Waals surface area contributed by atoms with Crippen LogP contribution in [0.3, 0.4) is 0 Å². The molecule has 5 heteroatoms. The number of anilines is 3. The lowest BCUT2D eigenvalue weighted by molar-refractivity contribution is -0.116. The van der Waals surface area contributed by atoms with Crippen molar-refractivity contribution in [3.05, 3.63) is 59.0 Å². The van der Waals surface area contributed by atoms with E-state index in [0.717, 1.165) is 33.3 Å². The summed E-state index contributed by atoms with van der Waals surface area (Å²) in [7, 11) is 0. The Morgan fingerprint density at radius 1 is 1.21 bits per heavy atom. The average molecular weight is 335 g/mol. The van der Waals surface area contributed by atoms with Gasteiger partial charge in [0.25, 0.3) is 0 Å². The van der Waals surface area contributed by atoms with Crippen LogP contribution in [-0.4, -0.2) is 10.9 Å². The van der Waals surface area contributed by atoms with Gasteiger partial charge >= 0.3 is 0 Å². The Morgan fingerprint density at radius 3 is 2.92 bits per heavy atom. The Morgan fingerprint density at radius 2 is 2.08 bits per heavy atom. The summed E-state index contributed by atoms with van der Waals surface area (Å²) in [6.07, 6.45) is 0. The van der Waals surface area contributed by atoms with Crippen molar-refractivity contribution in [1.29, 1.82) is 0 Å². The number of aryl methyl sites for hydroxylation is 1. The molecule has 2 aromatic carbocycles. The van der Waals surface area contributed by atoms with E-state index in [9.17, 15) is 4.79 Å². The highest BCUT2D eigenvalue weighted by atomic mass is 32.1. The topological polar surface area (TPSA) is 54.0 Å². The molecule has 0 aliphatic carbocycles. The van der Waals surface area contributed by atoms with Crippen molar-refractivity contribution in [2.75, 3.05) is 10.6 Å². The van der Waals surface area contributed by atoms with Gasteiger partial charge < -0.3 is 10.6 Å². The number of benzene rings is 2. The van der Waals surface area contributed by atoms with Crippen molar-refractivity contribution in [2.45, 2.75) is 19.8 Å². The van der Waals surface area contributed by atoms with Crippen LogP contribution in [0.4, 0.5) is 16.5 Å². The van der Waals surface area contributed by atoms with E-state index >= 15 is 0 Å². The number of hydrogen-bond acceptors (Lipinski definition) is 4. The van der Waals surface area contributed by atoms with E-state index in [1.54, 1.807) is 11.3 Å². The maximum atomic E-state index is 11.8. The Kier molecular flexibility index (Phi) is 3.58. The number of carbonyl (C=O) groups excluding carboxylic acids is 1. The Hall–Kier alpha value is -2.66. The molecule has 1 aliphatic rings. The number of thiazole rings is 1. The van der Waals surface area contributed by atoms with Crippen LogP contribution >= 0.6 is 11.3 Å². The number of amides is 1. The molecule has 1 aromatic heterocycles. The van der Waals surface area contributed by atoms with Crippen LogP contribution < -0.4 is 10.6 Å². The van der Waals surface area contributed by atoms with E-state index in [0.29, 0.717) is 0 Å². The second-order valence-corrected chi connectivity index (χ2v) is 6.90. The highest BCUT2D eigenvalue weighted by molar-refractivity contribution is 7.14. The third kappa shape index (κ3) is 2.67. The number of nitrogens with one attached hydrogen (secondary N) is 2. The van der Waals surface area contributed by atoms with Crippen molar-refractivity contribution < 1.29 is 4.79 Å². The average Bonchev–Trinajstić information content (AvgIpc) is 3.13. The Labute approximate surface area is 144 Å². The van der Waals surface area contributed by atoms with Gasteiger partial charge in [-0.25, -0.2) is 4.98 Å². The van der Waals surface area contributed by atoms with Gasteiger partial charge in [-0.2, -0.15) is 0 Å². The summed E-state index contributed by atoms with van der Waals surface area (Å²) in [5.74, 6) is -0.0503. The Balaban J connectivity index is 1.61. The summed E-state index contributed by atoms with van der Waals surface area (Å²) in [4.78, 5) is 16.5. The molecule has 3 aromatic rings. The van der Waals surface area contributed by atoms with Crippen molar-refractivity contribution >= 4 is 33.8 Å². The summed E-state index contributed by atoms with van der Waals surface area (Å²) in [6.45, 7) is 4.00. The minimum absolute atomic E-state index is 0.0576. The molecule has 0 bridgehead atoms. The van der Waals surface area contributed by atoms with Gasteiger partial charge in [-0.15, -0.1) is 11.3 Å². The van der Waals surface area contributed by atoms with Gasteiger partial charge in [0.15, 0.2) is 5.13 Å². The maximum Gasteiger partial charge on any atom is 0.231 e. The van der Waals surface area contributed by atoms with Crippen LogP contribution in [0.15, 0.2) is 47.8 Å². The highest BCUT2D eigenvalue weighted by Gasteiger charge is 2.26. The zero-order valence-corrected chi connectivity index (χ0v) is 14.3. The van der Waals surface area contributed by atoms with Crippen LogP contribution in [0, 0.1) is 6.92 Å².